The highest BCUT2D eigenvalue weighted by molar-refractivity contribution is 5.92. The molecule has 1 atom stereocenters. The Labute approximate surface area is 120 Å². The monoisotopic (exact) mass is 279 g/mol. The van der Waals surface area contributed by atoms with E-state index in [1.807, 2.05) is 43.3 Å². The fourth-order valence-corrected chi connectivity index (χ4v) is 2.58. The van der Waals surface area contributed by atoms with Gasteiger partial charge in [0.05, 0.1) is 18.2 Å². The number of carbonyl (C=O) groups excluding carboxylic acids is 1. The number of hydrogen-bond donors (Lipinski definition) is 0. The second-order valence-corrected chi connectivity index (χ2v) is 6.56. The van der Waals surface area contributed by atoms with Crippen molar-refractivity contribution < 1.29 is 9.53 Å². The summed E-state index contributed by atoms with van der Waals surface area (Å²) in [5, 5.41) is 4.45. The van der Waals surface area contributed by atoms with Crippen LogP contribution in [0, 0.1) is 6.92 Å². The molecule has 0 saturated carbocycles. The van der Waals surface area contributed by atoms with Crippen LogP contribution in [0.4, 0.5) is 0 Å². The number of aromatic nitrogens is 2. The van der Waals surface area contributed by atoms with Crippen LogP contribution in [-0.4, -0.2) is 45.4 Å². The third-order valence-corrected chi connectivity index (χ3v) is 3.69. The van der Waals surface area contributed by atoms with E-state index in [2.05, 4.69) is 18.9 Å². The molecule has 0 unspecified atom stereocenters. The maximum Gasteiger partial charge on any atom is 0.274 e. The first-order valence-corrected chi connectivity index (χ1v) is 7.22. The summed E-state index contributed by atoms with van der Waals surface area (Å²) in [4.78, 5) is 14.6. The highest BCUT2D eigenvalue weighted by atomic mass is 16.5. The molecular weight excluding hydrogens is 254 g/mol. The first-order valence-electron chi connectivity index (χ1n) is 7.22. The normalized spacial score (nSPS) is 22.4. The van der Waals surface area contributed by atoms with Gasteiger partial charge in [0.25, 0.3) is 5.91 Å². The molecule has 0 N–H and O–H groups in total. The van der Waals surface area contributed by atoms with Crippen LogP contribution >= 0.6 is 0 Å². The van der Waals surface area contributed by atoms with Gasteiger partial charge in [-0.3, -0.25) is 9.48 Å². The van der Waals surface area contributed by atoms with Gasteiger partial charge in [-0.15, -0.1) is 0 Å². The van der Waals surface area contributed by atoms with Crippen LogP contribution in [0.25, 0.3) is 0 Å². The van der Waals surface area contributed by atoms with Gasteiger partial charge < -0.3 is 9.64 Å². The minimum absolute atomic E-state index is 0.00336. The number of ether oxygens (including phenoxy) is 1. The van der Waals surface area contributed by atoms with Crippen molar-refractivity contribution in [1.82, 2.24) is 14.7 Å². The van der Waals surface area contributed by atoms with Crippen LogP contribution in [-0.2, 0) is 4.74 Å². The molecule has 2 rings (SSSR count). The van der Waals surface area contributed by atoms with Gasteiger partial charge in [0.2, 0.25) is 0 Å². The molecule has 1 aromatic heterocycles. The molecule has 1 aromatic rings. The molecule has 5 nitrogen and oxygen atoms in total. The Hall–Kier alpha value is -1.36. The second-order valence-electron chi connectivity index (χ2n) is 6.56. The highest BCUT2D eigenvalue weighted by Crippen LogP contribution is 2.22. The summed E-state index contributed by atoms with van der Waals surface area (Å²) < 4.78 is 7.63. The highest BCUT2D eigenvalue weighted by Gasteiger charge is 2.35. The van der Waals surface area contributed by atoms with Crippen molar-refractivity contribution in [2.45, 2.75) is 59.2 Å². The zero-order chi connectivity index (χ0) is 15.1. The average molecular weight is 279 g/mol. The topological polar surface area (TPSA) is 47.4 Å². The minimum Gasteiger partial charge on any atom is -0.372 e. The number of amides is 1. The summed E-state index contributed by atoms with van der Waals surface area (Å²) in [6.07, 6.45) is 0. The third kappa shape index (κ3) is 2.87. The van der Waals surface area contributed by atoms with Crippen LogP contribution in [0.5, 0.6) is 0 Å². The van der Waals surface area contributed by atoms with Crippen molar-refractivity contribution in [2.24, 2.45) is 0 Å². The molecular formula is C15H25N3O2. The quantitative estimate of drug-likeness (QED) is 0.835. The van der Waals surface area contributed by atoms with Gasteiger partial charge in [-0.05, 0) is 47.6 Å². The number of nitrogens with zero attached hydrogens (tertiary/aromatic N) is 3. The summed E-state index contributed by atoms with van der Waals surface area (Å²) in [6, 6.07) is 2.22. The molecule has 0 bridgehead atoms. The zero-order valence-electron chi connectivity index (χ0n) is 13.3. The van der Waals surface area contributed by atoms with Gasteiger partial charge >= 0.3 is 0 Å². The number of hydrogen-bond acceptors (Lipinski definition) is 3. The van der Waals surface area contributed by atoms with Gasteiger partial charge in [0.1, 0.15) is 0 Å². The maximum atomic E-state index is 12.7. The maximum absolute atomic E-state index is 12.7. The Kier molecular flexibility index (Phi) is 3.91. The molecule has 0 aliphatic carbocycles. The molecule has 20 heavy (non-hydrogen) atoms. The molecule has 1 saturated heterocycles. The Morgan fingerprint density at radius 2 is 2.15 bits per heavy atom. The number of carbonyl (C=O) groups is 1. The number of aryl methyl sites for hydroxylation is 1. The SMILES string of the molecule is Cc1cc(C(=O)N2CC(C)(C)OC[C@@H]2C)nn1C(C)C. The summed E-state index contributed by atoms with van der Waals surface area (Å²) in [5.41, 5.74) is 1.25. The Balaban J connectivity index is 2.24. The lowest BCUT2D eigenvalue weighted by molar-refractivity contribution is -0.0981. The van der Waals surface area contributed by atoms with Gasteiger partial charge in [-0.25, -0.2) is 0 Å². The van der Waals surface area contributed by atoms with Gasteiger partial charge in [0.15, 0.2) is 5.69 Å². The Morgan fingerprint density at radius 1 is 1.50 bits per heavy atom. The largest absolute Gasteiger partial charge is 0.372 e. The van der Waals surface area contributed by atoms with Crippen LogP contribution in [0.2, 0.25) is 0 Å². The molecule has 1 fully saturated rings. The van der Waals surface area contributed by atoms with Crippen LogP contribution in [0.15, 0.2) is 6.07 Å². The smallest absolute Gasteiger partial charge is 0.274 e. The molecule has 1 aliphatic rings. The molecule has 1 aliphatic heterocycles. The standard InChI is InChI=1S/C15H25N3O2/c1-10(2)18-11(3)7-13(16-18)14(19)17-9-15(5,6)20-8-12(17)4/h7,10,12H,8-9H2,1-6H3/t12-/m0/s1. The molecule has 0 radical (unpaired) electrons. The van der Waals surface area contributed by atoms with Crippen molar-refractivity contribution in [3.05, 3.63) is 17.5 Å². The van der Waals surface area contributed by atoms with E-state index in [1.165, 1.54) is 0 Å². The number of rotatable bonds is 2. The lowest BCUT2D eigenvalue weighted by Crippen LogP contribution is -2.55. The summed E-state index contributed by atoms with van der Waals surface area (Å²) in [6.45, 7) is 13.3. The van der Waals surface area contributed by atoms with Crippen molar-refractivity contribution in [1.29, 1.82) is 0 Å². The van der Waals surface area contributed by atoms with Crippen molar-refractivity contribution >= 4 is 5.91 Å². The third-order valence-electron chi connectivity index (χ3n) is 3.69. The van der Waals surface area contributed by atoms with E-state index in [0.717, 1.165) is 5.69 Å². The van der Waals surface area contributed by atoms with E-state index in [0.29, 0.717) is 18.8 Å². The summed E-state index contributed by atoms with van der Waals surface area (Å²) in [5.74, 6) is -0.00336. The molecule has 2 heterocycles. The van der Waals surface area contributed by atoms with Gasteiger partial charge in [-0.1, -0.05) is 0 Å². The lowest BCUT2D eigenvalue weighted by Gasteiger charge is -2.42. The van der Waals surface area contributed by atoms with Crippen molar-refractivity contribution in [3.8, 4) is 0 Å². The predicted molar refractivity (Wildman–Crippen MR) is 77.9 cm³/mol. The molecule has 1 amide bonds. The molecule has 5 heteroatoms. The minimum atomic E-state index is -0.294. The van der Waals surface area contributed by atoms with Gasteiger partial charge in [0, 0.05) is 18.3 Å². The summed E-state index contributed by atoms with van der Waals surface area (Å²) in [7, 11) is 0. The van der Waals surface area contributed by atoms with Crippen LogP contribution < -0.4 is 0 Å². The van der Waals surface area contributed by atoms with E-state index in [9.17, 15) is 4.79 Å². The number of morpholine rings is 1. The average Bonchev–Trinajstić information content (AvgIpc) is 2.74. The van der Waals surface area contributed by atoms with E-state index in [4.69, 9.17) is 4.74 Å². The molecule has 0 aromatic carbocycles. The molecule has 0 spiro atoms. The van der Waals surface area contributed by atoms with E-state index >= 15 is 0 Å². The summed E-state index contributed by atoms with van der Waals surface area (Å²) >= 11 is 0. The zero-order valence-corrected chi connectivity index (χ0v) is 13.3. The van der Waals surface area contributed by atoms with Crippen molar-refractivity contribution in [2.75, 3.05) is 13.2 Å². The fraction of sp³-hybridized carbons (Fsp3) is 0.733. The lowest BCUT2D eigenvalue weighted by atomic mass is 10.0. The molecule has 112 valence electrons. The second kappa shape index (κ2) is 5.20. The van der Waals surface area contributed by atoms with E-state index in [-0.39, 0.29) is 23.6 Å². The van der Waals surface area contributed by atoms with E-state index < -0.39 is 0 Å². The van der Waals surface area contributed by atoms with Crippen LogP contribution in [0.3, 0.4) is 0 Å². The van der Waals surface area contributed by atoms with Crippen LogP contribution in [0.1, 0.15) is 56.8 Å². The first kappa shape index (κ1) is 15.0. The fourth-order valence-electron chi connectivity index (χ4n) is 2.58. The van der Waals surface area contributed by atoms with Crippen molar-refractivity contribution in [3.63, 3.8) is 0 Å². The predicted octanol–water partition coefficient (Wildman–Crippen LogP) is 2.41. The first-order chi connectivity index (χ1) is 9.21. The van der Waals surface area contributed by atoms with E-state index in [1.54, 1.807) is 0 Å². The van der Waals surface area contributed by atoms with Gasteiger partial charge in [-0.2, -0.15) is 5.10 Å². The Bertz CT molecular complexity index is 505. The Morgan fingerprint density at radius 3 is 2.70 bits per heavy atom.